The lowest BCUT2D eigenvalue weighted by molar-refractivity contribution is -0.132. The monoisotopic (exact) mass is 446 g/mol. The number of benzene rings is 2. The molecule has 1 aliphatic heterocycles. The highest BCUT2D eigenvalue weighted by atomic mass is 16.6. The predicted molar refractivity (Wildman–Crippen MR) is 119 cm³/mol. The minimum absolute atomic E-state index is 0.0252. The van der Waals surface area contributed by atoms with Gasteiger partial charge in [-0.25, -0.2) is 0 Å². The molecule has 2 aromatic carbocycles. The number of rotatable bonds is 6. The Kier molecular flexibility index (Phi) is 5.91. The van der Waals surface area contributed by atoms with E-state index in [1.54, 1.807) is 18.2 Å². The molecule has 1 atom stereocenters. The molecule has 0 bridgehead atoms. The van der Waals surface area contributed by atoms with Crippen LogP contribution in [0.3, 0.4) is 0 Å². The summed E-state index contributed by atoms with van der Waals surface area (Å²) < 4.78 is 21.8. The van der Waals surface area contributed by atoms with E-state index in [0.717, 1.165) is 11.3 Å². The van der Waals surface area contributed by atoms with Gasteiger partial charge in [-0.3, -0.25) is 9.89 Å². The fourth-order valence-electron chi connectivity index (χ4n) is 3.79. The van der Waals surface area contributed by atoms with Crippen molar-refractivity contribution < 1.29 is 23.7 Å². The lowest BCUT2D eigenvalue weighted by atomic mass is 9.83. The normalized spacial score (nSPS) is 14.7. The molecule has 9 heteroatoms. The largest absolute Gasteiger partial charge is 0.494 e. The maximum absolute atomic E-state index is 11.4. The highest BCUT2D eigenvalue weighted by molar-refractivity contribution is 5.73. The molecule has 0 radical (unpaired) electrons. The van der Waals surface area contributed by atoms with E-state index < -0.39 is 11.9 Å². The smallest absolute Gasteiger partial charge is 0.308 e. The molecule has 0 amide bonds. The van der Waals surface area contributed by atoms with Gasteiger partial charge in [-0.15, -0.1) is 5.10 Å². The van der Waals surface area contributed by atoms with E-state index in [1.165, 1.54) is 14.0 Å². The number of fused-ring (bicyclic) bond motifs is 1. The zero-order valence-corrected chi connectivity index (χ0v) is 18.3. The molecule has 3 aromatic rings. The minimum Gasteiger partial charge on any atom is -0.494 e. The number of hydrogen-bond donors (Lipinski definition) is 2. The Bertz CT molecular complexity index is 1270. The van der Waals surface area contributed by atoms with Crippen LogP contribution in [0.25, 0.3) is 11.3 Å². The van der Waals surface area contributed by atoms with Crippen LogP contribution in [0, 0.1) is 11.3 Å². The van der Waals surface area contributed by atoms with Gasteiger partial charge in [0.05, 0.1) is 30.9 Å². The summed E-state index contributed by atoms with van der Waals surface area (Å²) in [5.74, 6) is 0.567. The second-order valence-electron chi connectivity index (χ2n) is 7.20. The van der Waals surface area contributed by atoms with Crippen LogP contribution in [-0.4, -0.2) is 29.9 Å². The molecule has 33 heavy (non-hydrogen) atoms. The first-order valence-electron chi connectivity index (χ1n) is 10.2. The third-order valence-corrected chi connectivity index (χ3v) is 5.17. The summed E-state index contributed by atoms with van der Waals surface area (Å²) in [5.41, 5.74) is 9.17. The number of carbonyl (C=O) groups excluding carboxylic acids is 1. The van der Waals surface area contributed by atoms with E-state index in [4.69, 9.17) is 24.7 Å². The number of hydrogen-bond acceptors (Lipinski definition) is 8. The average molecular weight is 446 g/mol. The fraction of sp³-hybridized carbons (Fsp3) is 0.208. The molecule has 4 rings (SSSR count). The number of methoxy groups -OCH3 is 1. The van der Waals surface area contributed by atoms with Crippen molar-refractivity contribution in [2.24, 2.45) is 5.73 Å². The number of nitriles is 1. The molecule has 9 nitrogen and oxygen atoms in total. The van der Waals surface area contributed by atoms with Crippen LogP contribution in [0.2, 0.25) is 0 Å². The lowest BCUT2D eigenvalue weighted by Gasteiger charge is -2.24. The van der Waals surface area contributed by atoms with Crippen molar-refractivity contribution in [2.75, 3.05) is 13.7 Å². The van der Waals surface area contributed by atoms with E-state index in [0.29, 0.717) is 29.2 Å². The van der Waals surface area contributed by atoms with Crippen LogP contribution in [0.4, 0.5) is 0 Å². The fourth-order valence-corrected chi connectivity index (χ4v) is 3.79. The Hall–Kier alpha value is -4.45. The van der Waals surface area contributed by atoms with Gasteiger partial charge in [-0.05, 0) is 48.9 Å². The SMILES string of the molecule is CCOc1ccc(-c2[nH]nc3c2C(c2ccc(OC(C)=O)c(OC)c2)C(C#N)=C(N)O3)cc1. The van der Waals surface area contributed by atoms with E-state index in [9.17, 15) is 10.1 Å². The van der Waals surface area contributed by atoms with Gasteiger partial charge in [-0.2, -0.15) is 5.26 Å². The van der Waals surface area contributed by atoms with E-state index in [2.05, 4.69) is 16.3 Å². The summed E-state index contributed by atoms with van der Waals surface area (Å²) in [6.45, 7) is 3.79. The van der Waals surface area contributed by atoms with Crippen molar-refractivity contribution in [2.45, 2.75) is 19.8 Å². The number of nitrogens with one attached hydrogen (secondary N) is 1. The number of carbonyl (C=O) groups is 1. The quantitative estimate of drug-likeness (QED) is 0.433. The summed E-state index contributed by atoms with van der Waals surface area (Å²) in [7, 11) is 1.47. The van der Waals surface area contributed by atoms with Gasteiger partial charge in [0.15, 0.2) is 11.5 Å². The molecule has 2 heterocycles. The Labute approximate surface area is 190 Å². The molecule has 0 saturated heterocycles. The second kappa shape index (κ2) is 8.96. The molecule has 1 unspecified atom stereocenters. The summed E-state index contributed by atoms with van der Waals surface area (Å²) in [5, 5.41) is 17.2. The second-order valence-corrected chi connectivity index (χ2v) is 7.20. The van der Waals surface area contributed by atoms with Crippen LogP contribution in [0.1, 0.15) is 30.9 Å². The molecule has 3 N–H and O–H groups in total. The minimum atomic E-state index is -0.584. The Morgan fingerprint density at radius 3 is 2.64 bits per heavy atom. The van der Waals surface area contributed by atoms with Crippen molar-refractivity contribution in [1.82, 2.24) is 10.2 Å². The maximum atomic E-state index is 11.4. The molecular weight excluding hydrogens is 424 g/mol. The van der Waals surface area contributed by atoms with Crippen LogP contribution >= 0.6 is 0 Å². The van der Waals surface area contributed by atoms with Crippen molar-refractivity contribution in [3.63, 3.8) is 0 Å². The molecule has 168 valence electrons. The summed E-state index contributed by atoms with van der Waals surface area (Å²) in [4.78, 5) is 11.4. The molecule has 0 fully saturated rings. The van der Waals surface area contributed by atoms with E-state index in [1.807, 2.05) is 31.2 Å². The molecule has 1 aromatic heterocycles. The first kappa shape index (κ1) is 21.8. The Morgan fingerprint density at radius 1 is 1.24 bits per heavy atom. The number of nitrogens with two attached hydrogens (primary N) is 1. The lowest BCUT2D eigenvalue weighted by Crippen LogP contribution is -2.21. The predicted octanol–water partition coefficient (Wildman–Crippen LogP) is 3.63. The van der Waals surface area contributed by atoms with E-state index in [-0.39, 0.29) is 23.1 Å². The van der Waals surface area contributed by atoms with E-state index >= 15 is 0 Å². The maximum Gasteiger partial charge on any atom is 0.308 e. The van der Waals surface area contributed by atoms with Crippen molar-refractivity contribution in [1.29, 1.82) is 5.26 Å². The number of ether oxygens (including phenoxy) is 4. The average Bonchev–Trinajstić information content (AvgIpc) is 3.22. The molecule has 0 spiro atoms. The van der Waals surface area contributed by atoms with Crippen molar-refractivity contribution in [3.8, 4) is 40.5 Å². The van der Waals surface area contributed by atoms with Crippen molar-refractivity contribution >= 4 is 5.97 Å². The number of aromatic nitrogens is 2. The van der Waals surface area contributed by atoms with Gasteiger partial charge < -0.3 is 24.7 Å². The first-order valence-corrected chi connectivity index (χ1v) is 10.2. The first-order chi connectivity index (χ1) is 16.0. The topological polar surface area (TPSA) is 132 Å². The van der Waals surface area contributed by atoms with Crippen molar-refractivity contribution in [3.05, 3.63) is 65.0 Å². The molecule has 0 aliphatic carbocycles. The van der Waals surface area contributed by atoms with Crippen LogP contribution in [0.15, 0.2) is 53.9 Å². The van der Waals surface area contributed by atoms with Crippen LogP contribution < -0.4 is 24.7 Å². The summed E-state index contributed by atoms with van der Waals surface area (Å²) in [6.07, 6.45) is 0. The zero-order valence-electron chi connectivity index (χ0n) is 18.3. The van der Waals surface area contributed by atoms with Gasteiger partial charge in [-0.1, -0.05) is 6.07 Å². The number of allylic oxidation sites excluding steroid dienone is 1. The van der Waals surface area contributed by atoms with Gasteiger partial charge >= 0.3 is 5.97 Å². The number of H-pyrrole nitrogens is 1. The molecular formula is C24H22N4O5. The Morgan fingerprint density at radius 2 is 2.00 bits per heavy atom. The molecule has 0 saturated carbocycles. The van der Waals surface area contributed by atoms with Gasteiger partial charge in [0.2, 0.25) is 11.8 Å². The van der Waals surface area contributed by atoms with Crippen LogP contribution in [-0.2, 0) is 4.79 Å². The number of aromatic amines is 1. The highest BCUT2D eigenvalue weighted by Gasteiger charge is 2.36. The number of esters is 1. The number of nitrogens with zero attached hydrogens (tertiary/aromatic N) is 2. The van der Waals surface area contributed by atoms with Crippen LogP contribution in [0.5, 0.6) is 23.1 Å². The van der Waals surface area contributed by atoms with Gasteiger partial charge in [0.25, 0.3) is 0 Å². The zero-order chi connectivity index (χ0) is 23.5. The third kappa shape index (κ3) is 4.06. The summed E-state index contributed by atoms with van der Waals surface area (Å²) in [6, 6.07) is 14.7. The molecule has 1 aliphatic rings. The summed E-state index contributed by atoms with van der Waals surface area (Å²) >= 11 is 0. The highest BCUT2D eigenvalue weighted by Crippen LogP contribution is 2.47. The van der Waals surface area contributed by atoms with Gasteiger partial charge in [0.1, 0.15) is 17.4 Å². The van der Waals surface area contributed by atoms with Gasteiger partial charge in [0, 0.05) is 12.5 Å². The Balaban J connectivity index is 1.85. The standard InChI is InChI=1S/C24H22N4O5/c1-4-31-16-8-5-14(6-9-16)22-21-20(17(12-25)23(26)33-24(21)28-27-22)15-7-10-18(32-13(2)29)19(11-15)30-3/h5-11,20H,4,26H2,1-3H3,(H,27,28). The third-order valence-electron chi connectivity index (χ3n) is 5.17.